The summed E-state index contributed by atoms with van der Waals surface area (Å²) < 4.78 is 0. The van der Waals surface area contributed by atoms with Crippen molar-refractivity contribution in [3.63, 3.8) is 0 Å². The van der Waals surface area contributed by atoms with Crippen LogP contribution in [-0.2, 0) is 6.54 Å². The van der Waals surface area contributed by atoms with Crippen LogP contribution in [0.1, 0.15) is 58.9 Å². The quantitative estimate of drug-likeness (QED) is 0.475. The molecule has 0 aliphatic heterocycles. The van der Waals surface area contributed by atoms with Gasteiger partial charge in [-0.3, -0.25) is 9.59 Å². The Balaban J connectivity index is 1.73. The van der Waals surface area contributed by atoms with Gasteiger partial charge in [0.05, 0.1) is 6.54 Å². The molecular weight excluding hydrogens is 324 g/mol. The summed E-state index contributed by atoms with van der Waals surface area (Å²) in [5.74, 6) is -0.00149. The molecule has 0 fully saturated rings. The Hall–Kier alpha value is -2.46. The summed E-state index contributed by atoms with van der Waals surface area (Å²) in [6.07, 6.45) is 4.79. The lowest BCUT2D eigenvalue weighted by Crippen LogP contribution is -2.24. The first kappa shape index (κ1) is 19.9. The van der Waals surface area contributed by atoms with Gasteiger partial charge in [0, 0.05) is 17.7 Å². The zero-order valence-electron chi connectivity index (χ0n) is 15.5. The van der Waals surface area contributed by atoms with Crippen LogP contribution in [-0.4, -0.2) is 24.8 Å². The van der Waals surface area contributed by atoms with Gasteiger partial charge in [-0.05, 0) is 30.7 Å². The molecule has 4 heteroatoms. The number of Topliss-reactive ketones (excluding diaryl/α,β-unsaturated/α-hetero) is 1. The maximum Gasteiger partial charge on any atom is 0.251 e. The molecule has 0 unspecified atom stereocenters. The molecule has 2 N–H and O–H groups in total. The molecule has 26 heavy (non-hydrogen) atoms. The first-order valence-electron chi connectivity index (χ1n) is 9.37. The van der Waals surface area contributed by atoms with Gasteiger partial charge in [0.2, 0.25) is 0 Å². The van der Waals surface area contributed by atoms with E-state index in [-0.39, 0.29) is 11.7 Å². The molecule has 4 nitrogen and oxygen atoms in total. The van der Waals surface area contributed by atoms with Crippen LogP contribution in [0.15, 0.2) is 54.6 Å². The fourth-order valence-corrected chi connectivity index (χ4v) is 2.66. The van der Waals surface area contributed by atoms with Gasteiger partial charge in [-0.15, -0.1) is 0 Å². The zero-order valence-corrected chi connectivity index (χ0v) is 15.5. The highest BCUT2D eigenvalue weighted by atomic mass is 16.1. The van der Waals surface area contributed by atoms with Crippen LogP contribution < -0.4 is 10.6 Å². The largest absolute Gasteiger partial charge is 0.348 e. The van der Waals surface area contributed by atoms with E-state index in [0.717, 1.165) is 18.5 Å². The summed E-state index contributed by atoms with van der Waals surface area (Å²) in [6.45, 7) is 3.89. The van der Waals surface area contributed by atoms with E-state index in [4.69, 9.17) is 0 Å². The first-order chi connectivity index (χ1) is 12.7. The second kappa shape index (κ2) is 11.2. The van der Waals surface area contributed by atoms with Crippen molar-refractivity contribution in [3.8, 4) is 0 Å². The third-order valence-electron chi connectivity index (χ3n) is 4.26. The lowest BCUT2D eigenvalue weighted by atomic mass is 10.1. The van der Waals surface area contributed by atoms with Crippen molar-refractivity contribution in [1.29, 1.82) is 0 Å². The molecule has 0 spiro atoms. The summed E-state index contributed by atoms with van der Waals surface area (Å²) in [4.78, 5) is 24.2. The fraction of sp³-hybridized carbons (Fsp3) is 0.364. The number of hydrogen-bond donors (Lipinski definition) is 2. The lowest BCUT2D eigenvalue weighted by molar-refractivity contribution is 0.0949. The Kier molecular flexibility index (Phi) is 8.56. The van der Waals surface area contributed by atoms with Crippen molar-refractivity contribution in [2.75, 3.05) is 13.1 Å². The van der Waals surface area contributed by atoms with Crippen LogP contribution in [0.4, 0.5) is 0 Å². The lowest BCUT2D eigenvalue weighted by Gasteiger charge is -2.07. The molecule has 0 aliphatic carbocycles. The number of nitrogens with one attached hydrogen (secondary N) is 2. The zero-order chi connectivity index (χ0) is 18.6. The number of ketones is 1. The summed E-state index contributed by atoms with van der Waals surface area (Å²) in [5, 5.41) is 6.10. The Morgan fingerprint density at radius 1 is 0.846 bits per heavy atom. The van der Waals surface area contributed by atoms with Crippen molar-refractivity contribution in [2.45, 2.75) is 39.2 Å². The first-order valence-corrected chi connectivity index (χ1v) is 9.37. The van der Waals surface area contributed by atoms with Crippen molar-refractivity contribution < 1.29 is 9.59 Å². The summed E-state index contributed by atoms with van der Waals surface area (Å²) in [5.41, 5.74) is 2.31. The van der Waals surface area contributed by atoms with Crippen molar-refractivity contribution in [2.24, 2.45) is 0 Å². The van der Waals surface area contributed by atoms with E-state index in [1.165, 1.54) is 19.3 Å². The maximum absolute atomic E-state index is 12.2. The SMILES string of the molecule is CCCCCCNCC(=O)c1ccc(CNC(=O)c2ccccc2)cc1. The molecule has 0 radical (unpaired) electrons. The Labute approximate surface area is 156 Å². The fourth-order valence-electron chi connectivity index (χ4n) is 2.66. The molecule has 2 aromatic carbocycles. The monoisotopic (exact) mass is 352 g/mol. The van der Waals surface area contributed by atoms with E-state index in [1.54, 1.807) is 12.1 Å². The maximum atomic E-state index is 12.2. The van der Waals surface area contributed by atoms with Crippen LogP contribution >= 0.6 is 0 Å². The molecule has 138 valence electrons. The summed E-state index contributed by atoms with van der Waals surface area (Å²) in [6, 6.07) is 16.6. The Morgan fingerprint density at radius 3 is 2.27 bits per heavy atom. The molecule has 0 aromatic heterocycles. The number of carbonyl (C=O) groups is 2. The van der Waals surface area contributed by atoms with Crippen molar-refractivity contribution in [1.82, 2.24) is 10.6 Å². The number of unbranched alkanes of at least 4 members (excludes halogenated alkanes) is 3. The highest BCUT2D eigenvalue weighted by molar-refractivity contribution is 5.97. The van der Waals surface area contributed by atoms with Crippen LogP contribution in [0, 0.1) is 0 Å². The van der Waals surface area contributed by atoms with Gasteiger partial charge in [-0.1, -0.05) is 68.7 Å². The molecule has 0 bridgehead atoms. The van der Waals surface area contributed by atoms with Crippen LogP contribution in [0.3, 0.4) is 0 Å². The second-order valence-electron chi connectivity index (χ2n) is 6.41. The molecular formula is C22H28N2O2. The van der Waals surface area contributed by atoms with Crippen molar-refractivity contribution in [3.05, 3.63) is 71.3 Å². The number of rotatable bonds is 11. The summed E-state index contributed by atoms with van der Waals surface area (Å²) >= 11 is 0. The third kappa shape index (κ3) is 6.81. The number of amides is 1. The van der Waals surface area contributed by atoms with Crippen LogP contribution in [0.25, 0.3) is 0 Å². The van der Waals surface area contributed by atoms with Gasteiger partial charge in [-0.25, -0.2) is 0 Å². The molecule has 0 saturated carbocycles. The van der Waals surface area contributed by atoms with E-state index in [9.17, 15) is 9.59 Å². The van der Waals surface area contributed by atoms with Gasteiger partial charge in [0.15, 0.2) is 5.78 Å². The van der Waals surface area contributed by atoms with Gasteiger partial charge < -0.3 is 10.6 Å². The normalized spacial score (nSPS) is 10.5. The molecule has 1 amide bonds. The Morgan fingerprint density at radius 2 is 1.58 bits per heavy atom. The van der Waals surface area contributed by atoms with Crippen LogP contribution in [0.2, 0.25) is 0 Å². The topological polar surface area (TPSA) is 58.2 Å². The average molecular weight is 352 g/mol. The molecule has 0 heterocycles. The highest BCUT2D eigenvalue weighted by Crippen LogP contribution is 2.06. The van der Waals surface area contributed by atoms with Crippen molar-refractivity contribution >= 4 is 11.7 Å². The minimum Gasteiger partial charge on any atom is -0.348 e. The van der Waals surface area contributed by atoms with E-state index in [2.05, 4.69) is 17.6 Å². The minimum absolute atomic E-state index is 0.0976. The van der Waals surface area contributed by atoms with Gasteiger partial charge >= 0.3 is 0 Å². The standard InChI is InChI=1S/C22H28N2O2/c1-2-3-4-8-15-23-17-21(25)19-13-11-18(12-14-19)16-24-22(26)20-9-6-5-7-10-20/h5-7,9-14,23H,2-4,8,15-17H2,1H3,(H,24,26). The highest BCUT2D eigenvalue weighted by Gasteiger charge is 2.07. The third-order valence-corrected chi connectivity index (χ3v) is 4.26. The average Bonchev–Trinajstić information content (AvgIpc) is 2.69. The van der Waals surface area contributed by atoms with Gasteiger partial charge in [0.25, 0.3) is 5.91 Å². The van der Waals surface area contributed by atoms with E-state index in [1.807, 2.05) is 42.5 Å². The molecule has 0 aliphatic rings. The second-order valence-corrected chi connectivity index (χ2v) is 6.41. The number of benzene rings is 2. The van der Waals surface area contributed by atoms with Crippen LogP contribution in [0.5, 0.6) is 0 Å². The number of hydrogen-bond acceptors (Lipinski definition) is 3. The van der Waals surface area contributed by atoms with E-state index >= 15 is 0 Å². The summed E-state index contributed by atoms with van der Waals surface area (Å²) in [7, 11) is 0. The van der Waals surface area contributed by atoms with E-state index < -0.39 is 0 Å². The number of carbonyl (C=O) groups excluding carboxylic acids is 2. The van der Waals surface area contributed by atoms with E-state index in [0.29, 0.717) is 24.2 Å². The van der Waals surface area contributed by atoms with Gasteiger partial charge in [-0.2, -0.15) is 0 Å². The minimum atomic E-state index is -0.0991. The predicted octanol–water partition coefficient (Wildman–Crippen LogP) is 3.97. The molecule has 2 rings (SSSR count). The van der Waals surface area contributed by atoms with Gasteiger partial charge in [0.1, 0.15) is 0 Å². The smallest absolute Gasteiger partial charge is 0.251 e. The molecule has 0 atom stereocenters. The molecule has 0 saturated heterocycles. The molecule has 2 aromatic rings. The Bertz CT molecular complexity index is 681. The predicted molar refractivity (Wildman–Crippen MR) is 105 cm³/mol.